The van der Waals surface area contributed by atoms with E-state index in [4.69, 9.17) is 9.84 Å². The van der Waals surface area contributed by atoms with Crippen LogP contribution in [0.3, 0.4) is 0 Å². The molecule has 1 N–H and O–H groups in total. The Morgan fingerprint density at radius 1 is 1.38 bits per heavy atom. The van der Waals surface area contributed by atoms with E-state index < -0.39 is 12.5 Å². The largest absolute Gasteiger partial charge is 0.488 e. The molecule has 0 aromatic heterocycles. The zero-order chi connectivity index (χ0) is 11.8. The first-order valence-electron chi connectivity index (χ1n) is 4.86. The number of rotatable bonds is 4. The fourth-order valence-electron chi connectivity index (χ4n) is 1.06. The van der Waals surface area contributed by atoms with Crippen LogP contribution in [0, 0.1) is 17.7 Å². The van der Waals surface area contributed by atoms with Crippen molar-refractivity contribution < 1.29 is 18.6 Å². The van der Waals surface area contributed by atoms with Gasteiger partial charge in [-0.3, -0.25) is 0 Å². The summed E-state index contributed by atoms with van der Waals surface area (Å²) in [6.45, 7) is -0.857. The lowest BCUT2D eigenvalue weighted by Gasteiger charge is -2.04. The molecule has 0 spiro atoms. The molecule has 0 radical (unpaired) electrons. The molecule has 16 heavy (non-hydrogen) atoms. The maximum atomic E-state index is 13.1. The van der Waals surface area contributed by atoms with E-state index >= 15 is 0 Å². The van der Waals surface area contributed by atoms with Gasteiger partial charge in [0.2, 0.25) is 0 Å². The molecule has 0 aliphatic rings. The second-order valence-corrected chi connectivity index (χ2v) is 2.96. The number of aliphatic hydroxyl groups excluding tert-OH is 1. The van der Waals surface area contributed by atoms with Gasteiger partial charge in [0.05, 0.1) is 6.61 Å². The molecule has 2 nitrogen and oxygen atoms in total. The zero-order valence-corrected chi connectivity index (χ0v) is 8.67. The number of halogens is 2. The summed E-state index contributed by atoms with van der Waals surface area (Å²) in [6.07, 6.45) is 0.359. The Balaban J connectivity index is 2.77. The first kappa shape index (κ1) is 12.5. The third kappa shape index (κ3) is 3.87. The molecule has 1 aromatic carbocycles. The molecule has 4 heteroatoms. The van der Waals surface area contributed by atoms with Gasteiger partial charge in [-0.2, -0.15) is 0 Å². The molecule has 0 heterocycles. The van der Waals surface area contributed by atoms with Gasteiger partial charge >= 0.3 is 0 Å². The molecule has 0 aliphatic carbocycles. The molecule has 0 saturated heterocycles. The third-order valence-corrected chi connectivity index (χ3v) is 1.74. The van der Waals surface area contributed by atoms with Gasteiger partial charge in [-0.15, -0.1) is 0 Å². The normalized spacial score (nSPS) is 9.44. The summed E-state index contributed by atoms with van der Waals surface area (Å²) in [5.41, 5.74) is 0.573. The van der Waals surface area contributed by atoms with Crippen LogP contribution >= 0.6 is 0 Å². The van der Waals surface area contributed by atoms with Gasteiger partial charge in [-0.05, 0) is 18.2 Å². The molecule has 0 amide bonds. The highest BCUT2D eigenvalue weighted by molar-refractivity contribution is 5.40. The number of aliphatic hydroxyl groups is 1. The summed E-state index contributed by atoms with van der Waals surface area (Å²) in [7, 11) is 0. The van der Waals surface area contributed by atoms with E-state index in [1.807, 2.05) is 0 Å². The van der Waals surface area contributed by atoms with Crippen molar-refractivity contribution in [2.45, 2.75) is 6.42 Å². The monoisotopic (exact) mass is 226 g/mol. The second kappa shape index (κ2) is 6.81. The van der Waals surface area contributed by atoms with Gasteiger partial charge in [0.15, 0.2) is 11.6 Å². The quantitative estimate of drug-likeness (QED) is 0.795. The SMILES string of the molecule is OCCC#Cc1ccc(F)c(OCCF)c1. The highest BCUT2D eigenvalue weighted by Gasteiger charge is 2.03. The van der Waals surface area contributed by atoms with Crippen LogP contribution in [0.25, 0.3) is 0 Å². The van der Waals surface area contributed by atoms with E-state index in [0.717, 1.165) is 0 Å². The lowest BCUT2D eigenvalue weighted by molar-refractivity contribution is 0.262. The average Bonchev–Trinajstić information content (AvgIpc) is 2.30. The highest BCUT2D eigenvalue weighted by atomic mass is 19.1. The van der Waals surface area contributed by atoms with Crippen molar-refractivity contribution >= 4 is 0 Å². The van der Waals surface area contributed by atoms with Crippen molar-refractivity contribution in [3.05, 3.63) is 29.6 Å². The topological polar surface area (TPSA) is 29.5 Å². The molecule has 0 fully saturated rings. The Morgan fingerprint density at radius 3 is 2.88 bits per heavy atom. The van der Waals surface area contributed by atoms with Crippen LogP contribution in [-0.2, 0) is 0 Å². The summed E-state index contributed by atoms with van der Waals surface area (Å²) < 4.78 is 29.9. The molecular weight excluding hydrogens is 214 g/mol. The zero-order valence-electron chi connectivity index (χ0n) is 8.67. The number of ether oxygens (including phenoxy) is 1. The van der Waals surface area contributed by atoms with Crippen LogP contribution in [0.4, 0.5) is 8.78 Å². The molecule has 0 atom stereocenters. The molecule has 0 bridgehead atoms. The Labute approximate surface area is 92.9 Å². The molecule has 0 saturated carbocycles. The maximum absolute atomic E-state index is 13.1. The van der Waals surface area contributed by atoms with Crippen molar-refractivity contribution in [1.29, 1.82) is 0 Å². The standard InChI is InChI=1S/C12H12F2O2/c13-6-8-16-12-9-10(3-1-2-7-15)4-5-11(12)14/h4-5,9,15H,2,6-8H2. The fourth-order valence-corrected chi connectivity index (χ4v) is 1.06. The van der Waals surface area contributed by atoms with Crippen LogP contribution in [0.1, 0.15) is 12.0 Å². The Kier molecular flexibility index (Phi) is 5.30. The summed E-state index contributed by atoms with van der Waals surface area (Å²) in [5, 5.41) is 8.53. The number of hydrogen-bond acceptors (Lipinski definition) is 2. The predicted octanol–water partition coefficient (Wildman–Crippen LogP) is 1.91. The van der Waals surface area contributed by atoms with Gasteiger partial charge in [0.25, 0.3) is 0 Å². The Morgan fingerprint density at radius 2 is 2.19 bits per heavy atom. The van der Waals surface area contributed by atoms with Gasteiger partial charge in [-0.1, -0.05) is 11.8 Å². The first-order chi connectivity index (χ1) is 7.77. The predicted molar refractivity (Wildman–Crippen MR) is 56.5 cm³/mol. The number of hydrogen-bond donors (Lipinski definition) is 1. The van der Waals surface area contributed by atoms with E-state index in [0.29, 0.717) is 12.0 Å². The summed E-state index contributed by atoms with van der Waals surface area (Å²) >= 11 is 0. The van der Waals surface area contributed by atoms with Crippen LogP contribution in [0.2, 0.25) is 0 Å². The van der Waals surface area contributed by atoms with Crippen LogP contribution < -0.4 is 4.74 Å². The van der Waals surface area contributed by atoms with Crippen LogP contribution in [-0.4, -0.2) is 25.0 Å². The lowest BCUT2D eigenvalue weighted by atomic mass is 10.2. The van der Waals surface area contributed by atoms with E-state index in [9.17, 15) is 8.78 Å². The van der Waals surface area contributed by atoms with Gasteiger partial charge < -0.3 is 9.84 Å². The molecule has 1 aromatic rings. The molecular formula is C12H12F2O2. The van der Waals surface area contributed by atoms with E-state index in [-0.39, 0.29) is 19.0 Å². The van der Waals surface area contributed by atoms with E-state index in [1.165, 1.54) is 18.2 Å². The average molecular weight is 226 g/mol. The van der Waals surface area contributed by atoms with Crippen molar-refractivity contribution in [3.63, 3.8) is 0 Å². The Hall–Kier alpha value is -1.60. The van der Waals surface area contributed by atoms with Crippen LogP contribution in [0.15, 0.2) is 18.2 Å². The van der Waals surface area contributed by atoms with Gasteiger partial charge in [0, 0.05) is 12.0 Å². The minimum atomic E-state index is -0.667. The summed E-state index contributed by atoms with van der Waals surface area (Å²) in [5.74, 6) is 4.89. The minimum absolute atomic E-state index is 0.00607. The molecule has 1 rings (SSSR count). The summed E-state index contributed by atoms with van der Waals surface area (Å²) in [6, 6.07) is 4.13. The number of benzene rings is 1. The lowest BCUT2D eigenvalue weighted by Crippen LogP contribution is -2.00. The smallest absolute Gasteiger partial charge is 0.165 e. The third-order valence-electron chi connectivity index (χ3n) is 1.74. The van der Waals surface area contributed by atoms with Crippen molar-refractivity contribution in [1.82, 2.24) is 0 Å². The fraction of sp³-hybridized carbons (Fsp3) is 0.333. The van der Waals surface area contributed by atoms with Gasteiger partial charge in [-0.25, -0.2) is 8.78 Å². The minimum Gasteiger partial charge on any atom is -0.488 e. The Bertz CT molecular complexity index is 394. The highest BCUT2D eigenvalue weighted by Crippen LogP contribution is 2.18. The molecule has 86 valence electrons. The number of alkyl halides is 1. The van der Waals surface area contributed by atoms with E-state index in [2.05, 4.69) is 11.8 Å². The van der Waals surface area contributed by atoms with Crippen molar-refractivity contribution in [3.8, 4) is 17.6 Å². The molecule has 0 unspecified atom stereocenters. The summed E-state index contributed by atoms with van der Waals surface area (Å²) in [4.78, 5) is 0. The first-order valence-corrected chi connectivity index (χ1v) is 4.86. The maximum Gasteiger partial charge on any atom is 0.165 e. The second-order valence-electron chi connectivity index (χ2n) is 2.96. The van der Waals surface area contributed by atoms with Gasteiger partial charge in [0.1, 0.15) is 13.3 Å². The van der Waals surface area contributed by atoms with Crippen molar-refractivity contribution in [2.75, 3.05) is 19.9 Å². The van der Waals surface area contributed by atoms with Crippen molar-refractivity contribution in [2.24, 2.45) is 0 Å². The molecule has 0 aliphatic heterocycles. The van der Waals surface area contributed by atoms with E-state index in [1.54, 1.807) is 0 Å². The van der Waals surface area contributed by atoms with Crippen LogP contribution in [0.5, 0.6) is 5.75 Å².